The van der Waals surface area contributed by atoms with E-state index in [0.29, 0.717) is 23.9 Å². The van der Waals surface area contributed by atoms with Crippen LogP contribution in [-0.4, -0.2) is 55.1 Å². The van der Waals surface area contributed by atoms with Gasteiger partial charge in [-0.15, -0.1) is 0 Å². The normalized spacial score (nSPS) is 19.9. The van der Waals surface area contributed by atoms with Crippen molar-refractivity contribution in [2.45, 2.75) is 25.1 Å². The molecule has 0 aromatic carbocycles. The monoisotopic (exact) mass is 330 g/mol. The lowest BCUT2D eigenvalue weighted by atomic mass is 10.2. The first-order valence-corrected chi connectivity index (χ1v) is 10.0. The number of thioether (sulfide) groups is 1. The molecule has 2 rings (SSSR count). The molecule has 1 fully saturated rings. The van der Waals surface area contributed by atoms with Crippen molar-refractivity contribution < 1.29 is 8.42 Å². The summed E-state index contributed by atoms with van der Waals surface area (Å²) in [6, 6.07) is 1.82. The minimum Gasteiger partial charge on any atom is -0.373 e. The molecule has 0 aliphatic carbocycles. The maximum Gasteiger partial charge on any atom is 0.169 e. The van der Waals surface area contributed by atoms with Crippen molar-refractivity contribution in [1.29, 1.82) is 0 Å². The molecule has 0 spiro atoms. The molecule has 0 bridgehead atoms. The largest absolute Gasteiger partial charge is 0.373 e. The Kier molecular flexibility index (Phi) is 4.98. The average Bonchev–Trinajstić information content (AvgIpc) is 2.45. The standard InChI is InChI=1S/C13H22N4O2S2/c1-9(2)13-15-10(14-3)7-11(16-13)17-5-6-20-8-12(17)21(4,18)19/h7,9,12H,5-6,8H2,1-4H3,(H,14,15,16). The Morgan fingerprint density at radius 2 is 2.14 bits per heavy atom. The van der Waals surface area contributed by atoms with Gasteiger partial charge in [-0.1, -0.05) is 13.8 Å². The Bertz CT molecular complexity index is 604. The summed E-state index contributed by atoms with van der Waals surface area (Å²) in [4.78, 5) is 10.9. The topological polar surface area (TPSA) is 75.2 Å². The molecule has 1 aromatic rings. The molecule has 1 atom stereocenters. The third-order valence-corrected chi connectivity index (χ3v) is 6.02. The van der Waals surface area contributed by atoms with Crippen LogP contribution in [-0.2, 0) is 9.84 Å². The fourth-order valence-corrected chi connectivity index (χ4v) is 5.01. The van der Waals surface area contributed by atoms with Crippen LogP contribution >= 0.6 is 11.8 Å². The molecule has 1 N–H and O–H groups in total. The van der Waals surface area contributed by atoms with Gasteiger partial charge in [-0.2, -0.15) is 11.8 Å². The third-order valence-electron chi connectivity index (χ3n) is 3.38. The van der Waals surface area contributed by atoms with Crippen LogP contribution in [0.5, 0.6) is 0 Å². The first-order valence-electron chi connectivity index (χ1n) is 6.93. The summed E-state index contributed by atoms with van der Waals surface area (Å²) in [5, 5.41) is 2.51. The SMILES string of the molecule is CNc1cc(N2CCSCC2S(C)(=O)=O)nc(C(C)C)n1. The van der Waals surface area contributed by atoms with Gasteiger partial charge in [-0.25, -0.2) is 18.4 Å². The van der Waals surface area contributed by atoms with Gasteiger partial charge >= 0.3 is 0 Å². The number of anilines is 2. The number of hydrogen-bond acceptors (Lipinski definition) is 7. The summed E-state index contributed by atoms with van der Waals surface area (Å²) in [5.41, 5.74) is 0. The Morgan fingerprint density at radius 3 is 2.71 bits per heavy atom. The van der Waals surface area contributed by atoms with E-state index < -0.39 is 15.2 Å². The molecule has 1 saturated heterocycles. The van der Waals surface area contributed by atoms with Crippen molar-refractivity contribution in [3.63, 3.8) is 0 Å². The number of sulfone groups is 1. The summed E-state index contributed by atoms with van der Waals surface area (Å²) in [6.45, 7) is 4.73. The minimum atomic E-state index is -3.15. The maximum absolute atomic E-state index is 12.0. The number of nitrogens with one attached hydrogen (secondary N) is 1. The van der Waals surface area contributed by atoms with Crippen molar-refractivity contribution >= 4 is 33.2 Å². The molecule has 21 heavy (non-hydrogen) atoms. The first kappa shape index (κ1) is 16.4. The highest BCUT2D eigenvalue weighted by Crippen LogP contribution is 2.27. The Hall–Kier alpha value is -1.02. The predicted molar refractivity (Wildman–Crippen MR) is 89.0 cm³/mol. The van der Waals surface area contributed by atoms with Crippen LogP contribution in [0, 0.1) is 0 Å². The lowest BCUT2D eigenvalue weighted by Crippen LogP contribution is -2.47. The molecular weight excluding hydrogens is 308 g/mol. The Balaban J connectivity index is 2.45. The van der Waals surface area contributed by atoms with Crippen LogP contribution in [0.15, 0.2) is 6.07 Å². The molecule has 8 heteroatoms. The van der Waals surface area contributed by atoms with Crippen LogP contribution in [0.25, 0.3) is 0 Å². The van der Waals surface area contributed by atoms with Crippen LogP contribution in [0.1, 0.15) is 25.6 Å². The molecule has 0 saturated carbocycles. The van der Waals surface area contributed by atoms with Crippen molar-refractivity contribution in [3.8, 4) is 0 Å². The summed E-state index contributed by atoms with van der Waals surface area (Å²) < 4.78 is 24.1. The van der Waals surface area contributed by atoms with Gasteiger partial charge in [0.2, 0.25) is 0 Å². The van der Waals surface area contributed by atoms with Crippen molar-refractivity contribution in [3.05, 3.63) is 11.9 Å². The summed E-state index contributed by atoms with van der Waals surface area (Å²) in [7, 11) is -1.35. The van der Waals surface area contributed by atoms with E-state index in [0.717, 1.165) is 11.6 Å². The van der Waals surface area contributed by atoms with Crippen molar-refractivity contribution in [1.82, 2.24) is 9.97 Å². The second kappa shape index (κ2) is 6.39. The van der Waals surface area contributed by atoms with E-state index in [-0.39, 0.29) is 5.92 Å². The zero-order valence-corrected chi connectivity index (χ0v) is 14.5. The highest BCUT2D eigenvalue weighted by Gasteiger charge is 2.32. The van der Waals surface area contributed by atoms with E-state index in [1.54, 1.807) is 18.8 Å². The molecule has 6 nitrogen and oxygen atoms in total. The predicted octanol–water partition coefficient (Wildman–Crippen LogP) is 1.57. The molecule has 118 valence electrons. The zero-order valence-electron chi connectivity index (χ0n) is 12.8. The van der Waals surface area contributed by atoms with E-state index in [4.69, 9.17) is 0 Å². The molecule has 1 aliphatic heterocycles. The highest BCUT2D eigenvalue weighted by molar-refractivity contribution is 8.01. The maximum atomic E-state index is 12.0. The van der Waals surface area contributed by atoms with E-state index in [1.807, 2.05) is 24.8 Å². The van der Waals surface area contributed by atoms with Gasteiger partial charge in [0, 0.05) is 43.3 Å². The van der Waals surface area contributed by atoms with Crippen molar-refractivity contribution in [2.24, 2.45) is 0 Å². The second-order valence-corrected chi connectivity index (χ2v) is 8.78. The highest BCUT2D eigenvalue weighted by atomic mass is 32.2. The third kappa shape index (κ3) is 3.79. The van der Waals surface area contributed by atoms with Gasteiger partial charge in [0.15, 0.2) is 9.84 Å². The van der Waals surface area contributed by atoms with Gasteiger partial charge in [-0.3, -0.25) is 0 Å². The second-order valence-electron chi connectivity index (χ2n) is 5.43. The number of rotatable bonds is 4. The van der Waals surface area contributed by atoms with Crippen molar-refractivity contribution in [2.75, 3.05) is 41.6 Å². The molecule has 1 aliphatic rings. The Morgan fingerprint density at radius 1 is 1.43 bits per heavy atom. The van der Waals surface area contributed by atoms with Crippen LogP contribution in [0.2, 0.25) is 0 Å². The van der Waals surface area contributed by atoms with Gasteiger partial charge < -0.3 is 10.2 Å². The van der Waals surface area contributed by atoms with E-state index >= 15 is 0 Å². The first-order chi connectivity index (χ1) is 9.82. The van der Waals surface area contributed by atoms with Gasteiger partial charge in [0.1, 0.15) is 22.8 Å². The molecular formula is C13H22N4O2S2. The number of nitrogens with zero attached hydrogens (tertiary/aromatic N) is 3. The number of hydrogen-bond donors (Lipinski definition) is 1. The Labute approximate surface area is 130 Å². The van der Waals surface area contributed by atoms with Crippen LogP contribution in [0.4, 0.5) is 11.6 Å². The molecule has 1 unspecified atom stereocenters. The van der Waals surface area contributed by atoms with E-state index in [9.17, 15) is 8.42 Å². The summed E-state index contributed by atoms with van der Waals surface area (Å²) in [5.74, 6) is 3.80. The van der Waals surface area contributed by atoms with Gasteiger partial charge in [0.25, 0.3) is 0 Å². The van der Waals surface area contributed by atoms with E-state index in [2.05, 4.69) is 15.3 Å². The molecule has 2 heterocycles. The summed E-state index contributed by atoms with van der Waals surface area (Å²) >= 11 is 1.67. The summed E-state index contributed by atoms with van der Waals surface area (Å²) in [6.07, 6.45) is 1.29. The smallest absolute Gasteiger partial charge is 0.169 e. The van der Waals surface area contributed by atoms with Crippen LogP contribution < -0.4 is 10.2 Å². The van der Waals surface area contributed by atoms with Crippen LogP contribution in [0.3, 0.4) is 0 Å². The molecule has 1 aromatic heterocycles. The fourth-order valence-electron chi connectivity index (χ4n) is 2.18. The number of aromatic nitrogens is 2. The van der Waals surface area contributed by atoms with E-state index in [1.165, 1.54) is 6.26 Å². The molecule has 0 radical (unpaired) electrons. The zero-order chi connectivity index (χ0) is 15.6. The molecule has 0 amide bonds. The average molecular weight is 330 g/mol. The van der Waals surface area contributed by atoms with Gasteiger partial charge in [-0.05, 0) is 0 Å². The quantitative estimate of drug-likeness (QED) is 0.898. The minimum absolute atomic E-state index is 0.188. The van der Waals surface area contributed by atoms with Gasteiger partial charge in [0.05, 0.1) is 0 Å². The fraction of sp³-hybridized carbons (Fsp3) is 0.692. The lowest BCUT2D eigenvalue weighted by molar-refractivity contribution is 0.583. The lowest BCUT2D eigenvalue weighted by Gasteiger charge is -2.35.